The minimum absolute atomic E-state index is 0.550. The largest absolute Gasteiger partial charge is 0.339 e. The number of rotatable bonds is 2. The van der Waals surface area contributed by atoms with E-state index in [1.54, 1.807) is 0 Å². The first-order valence-corrected chi connectivity index (χ1v) is 7.06. The van der Waals surface area contributed by atoms with E-state index in [0.29, 0.717) is 12.0 Å². The number of aromatic nitrogens is 2. The standard InChI is InChI=1S/C15H22N4/c1-11(2)13-10-19(9-8-16-13)15-17-12-6-4-5-7-14(12)18(15)3/h4-7,11,13,16H,8-10H2,1-3H3/t13-/m0/s1. The van der Waals surface area contributed by atoms with Gasteiger partial charge in [0, 0.05) is 32.7 Å². The Morgan fingerprint density at radius 3 is 2.84 bits per heavy atom. The first-order chi connectivity index (χ1) is 9.16. The summed E-state index contributed by atoms with van der Waals surface area (Å²) in [6, 6.07) is 8.89. The van der Waals surface area contributed by atoms with E-state index in [4.69, 9.17) is 4.98 Å². The molecule has 0 radical (unpaired) electrons. The molecule has 0 aliphatic carbocycles. The van der Waals surface area contributed by atoms with Crippen LogP contribution in [0.2, 0.25) is 0 Å². The second-order valence-electron chi connectivity index (χ2n) is 5.71. The molecule has 102 valence electrons. The number of fused-ring (bicyclic) bond motifs is 1. The van der Waals surface area contributed by atoms with Gasteiger partial charge in [-0.25, -0.2) is 4.98 Å². The number of benzene rings is 1. The van der Waals surface area contributed by atoms with E-state index in [2.05, 4.69) is 53.9 Å². The number of imidazole rings is 1. The van der Waals surface area contributed by atoms with Crippen molar-refractivity contribution in [3.63, 3.8) is 0 Å². The molecule has 3 rings (SSSR count). The Balaban J connectivity index is 1.93. The summed E-state index contributed by atoms with van der Waals surface area (Å²) < 4.78 is 2.21. The van der Waals surface area contributed by atoms with E-state index in [1.807, 2.05) is 6.07 Å². The lowest BCUT2D eigenvalue weighted by molar-refractivity contribution is 0.365. The van der Waals surface area contributed by atoms with Crippen LogP contribution >= 0.6 is 0 Å². The lowest BCUT2D eigenvalue weighted by Crippen LogP contribution is -2.53. The van der Waals surface area contributed by atoms with E-state index in [0.717, 1.165) is 31.1 Å². The van der Waals surface area contributed by atoms with Gasteiger partial charge in [-0.15, -0.1) is 0 Å². The zero-order chi connectivity index (χ0) is 13.4. The summed E-state index contributed by atoms with van der Waals surface area (Å²) in [4.78, 5) is 7.19. The molecule has 1 aromatic heterocycles. The average Bonchev–Trinajstić information content (AvgIpc) is 2.77. The summed E-state index contributed by atoms with van der Waals surface area (Å²) >= 11 is 0. The van der Waals surface area contributed by atoms with Crippen LogP contribution in [0, 0.1) is 5.92 Å². The molecule has 2 heterocycles. The third-order valence-electron chi connectivity index (χ3n) is 4.06. The van der Waals surface area contributed by atoms with Crippen LogP contribution in [0.4, 0.5) is 5.95 Å². The molecule has 0 saturated carbocycles. The Morgan fingerprint density at radius 2 is 2.11 bits per heavy atom. The molecule has 1 atom stereocenters. The number of hydrogen-bond acceptors (Lipinski definition) is 3. The molecule has 19 heavy (non-hydrogen) atoms. The highest BCUT2D eigenvalue weighted by molar-refractivity contribution is 5.78. The summed E-state index contributed by atoms with van der Waals surface area (Å²) in [5, 5.41) is 3.59. The molecule has 0 unspecified atom stereocenters. The zero-order valence-corrected chi connectivity index (χ0v) is 11.9. The highest BCUT2D eigenvalue weighted by Crippen LogP contribution is 2.22. The zero-order valence-electron chi connectivity index (χ0n) is 11.9. The Hall–Kier alpha value is -1.55. The number of hydrogen-bond donors (Lipinski definition) is 1. The summed E-state index contributed by atoms with van der Waals surface area (Å²) in [6.45, 7) is 7.65. The number of piperazine rings is 1. The lowest BCUT2D eigenvalue weighted by Gasteiger charge is -2.36. The Kier molecular flexibility index (Phi) is 3.19. The number of para-hydroxylation sites is 2. The predicted octanol–water partition coefficient (Wildman–Crippen LogP) is 2.01. The number of nitrogens with zero attached hydrogens (tertiary/aromatic N) is 3. The number of nitrogens with one attached hydrogen (secondary N) is 1. The molecule has 2 aromatic rings. The van der Waals surface area contributed by atoms with Crippen LogP contribution < -0.4 is 10.2 Å². The molecule has 1 saturated heterocycles. The Morgan fingerprint density at radius 1 is 1.32 bits per heavy atom. The number of aryl methyl sites for hydroxylation is 1. The maximum atomic E-state index is 4.79. The first-order valence-electron chi connectivity index (χ1n) is 7.06. The van der Waals surface area contributed by atoms with Crippen molar-refractivity contribution in [1.29, 1.82) is 0 Å². The quantitative estimate of drug-likeness (QED) is 0.894. The SMILES string of the molecule is CC(C)[C@@H]1CN(c2nc3ccccc3n2C)CCN1. The van der Waals surface area contributed by atoms with Gasteiger partial charge < -0.3 is 14.8 Å². The summed E-state index contributed by atoms with van der Waals surface area (Å²) in [7, 11) is 2.11. The van der Waals surface area contributed by atoms with Gasteiger partial charge in [0.15, 0.2) is 0 Å². The third-order valence-corrected chi connectivity index (χ3v) is 4.06. The normalized spacial score (nSPS) is 20.4. The molecular formula is C15H22N4. The van der Waals surface area contributed by atoms with Crippen LogP contribution in [-0.2, 0) is 7.05 Å². The van der Waals surface area contributed by atoms with Crippen LogP contribution in [0.3, 0.4) is 0 Å². The van der Waals surface area contributed by atoms with Gasteiger partial charge in [0.05, 0.1) is 11.0 Å². The molecule has 1 aromatic carbocycles. The van der Waals surface area contributed by atoms with Gasteiger partial charge in [0.1, 0.15) is 0 Å². The fourth-order valence-electron chi connectivity index (χ4n) is 2.82. The lowest BCUT2D eigenvalue weighted by atomic mass is 10.0. The Bertz CT molecular complexity index is 573. The van der Waals surface area contributed by atoms with Gasteiger partial charge >= 0.3 is 0 Å². The molecule has 4 heteroatoms. The van der Waals surface area contributed by atoms with Crippen molar-refractivity contribution in [3.8, 4) is 0 Å². The molecule has 4 nitrogen and oxygen atoms in total. The van der Waals surface area contributed by atoms with Gasteiger partial charge in [-0.2, -0.15) is 0 Å². The van der Waals surface area contributed by atoms with E-state index in [1.165, 1.54) is 5.52 Å². The molecule has 1 aliphatic heterocycles. The highest BCUT2D eigenvalue weighted by atomic mass is 15.3. The smallest absolute Gasteiger partial charge is 0.206 e. The summed E-state index contributed by atoms with van der Waals surface area (Å²) in [5.74, 6) is 1.74. The van der Waals surface area contributed by atoms with E-state index >= 15 is 0 Å². The topological polar surface area (TPSA) is 33.1 Å². The van der Waals surface area contributed by atoms with Crippen LogP contribution in [0.25, 0.3) is 11.0 Å². The van der Waals surface area contributed by atoms with E-state index < -0.39 is 0 Å². The van der Waals surface area contributed by atoms with Gasteiger partial charge in [-0.3, -0.25) is 0 Å². The fourth-order valence-corrected chi connectivity index (χ4v) is 2.82. The second kappa shape index (κ2) is 4.85. The van der Waals surface area contributed by atoms with Gasteiger partial charge in [-0.1, -0.05) is 26.0 Å². The van der Waals surface area contributed by atoms with Crippen molar-refractivity contribution >= 4 is 17.0 Å². The van der Waals surface area contributed by atoms with Crippen molar-refractivity contribution in [1.82, 2.24) is 14.9 Å². The van der Waals surface area contributed by atoms with Gasteiger partial charge in [-0.05, 0) is 18.1 Å². The summed E-state index contributed by atoms with van der Waals surface area (Å²) in [5.41, 5.74) is 2.29. The van der Waals surface area contributed by atoms with E-state index in [9.17, 15) is 0 Å². The minimum atomic E-state index is 0.550. The van der Waals surface area contributed by atoms with Crippen molar-refractivity contribution in [2.75, 3.05) is 24.5 Å². The van der Waals surface area contributed by atoms with Crippen molar-refractivity contribution in [2.24, 2.45) is 13.0 Å². The van der Waals surface area contributed by atoms with Crippen molar-refractivity contribution < 1.29 is 0 Å². The van der Waals surface area contributed by atoms with Crippen LogP contribution in [0.15, 0.2) is 24.3 Å². The molecule has 0 amide bonds. The van der Waals surface area contributed by atoms with E-state index in [-0.39, 0.29) is 0 Å². The highest BCUT2D eigenvalue weighted by Gasteiger charge is 2.24. The minimum Gasteiger partial charge on any atom is -0.339 e. The molecule has 0 bridgehead atoms. The molecule has 1 aliphatic rings. The maximum Gasteiger partial charge on any atom is 0.206 e. The fraction of sp³-hybridized carbons (Fsp3) is 0.533. The Labute approximate surface area is 114 Å². The van der Waals surface area contributed by atoms with Crippen molar-refractivity contribution in [2.45, 2.75) is 19.9 Å². The van der Waals surface area contributed by atoms with Gasteiger partial charge in [0.25, 0.3) is 0 Å². The molecular weight excluding hydrogens is 236 g/mol. The molecule has 1 fully saturated rings. The monoisotopic (exact) mass is 258 g/mol. The third kappa shape index (κ3) is 2.21. The average molecular weight is 258 g/mol. The predicted molar refractivity (Wildman–Crippen MR) is 79.6 cm³/mol. The van der Waals surface area contributed by atoms with Gasteiger partial charge in [0.2, 0.25) is 5.95 Å². The molecule has 1 N–H and O–H groups in total. The van der Waals surface area contributed by atoms with Crippen LogP contribution in [0.1, 0.15) is 13.8 Å². The molecule has 0 spiro atoms. The van der Waals surface area contributed by atoms with Crippen molar-refractivity contribution in [3.05, 3.63) is 24.3 Å². The second-order valence-corrected chi connectivity index (χ2v) is 5.71. The summed E-state index contributed by atoms with van der Waals surface area (Å²) in [6.07, 6.45) is 0. The van der Waals surface area contributed by atoms with Crippen LogP contribution in [0.5, 0.6) is 0 Å². The number of anilines is 1. The van der Waals surface area contributed by atoms with Crippen LogP contribution in [-0.4, -0.2) is 35.2 Å². The first kappa shape index (κ1) is 12.5. The maximum absolute atomic E-state index is 4.79.